The van der Waals surface area contributed by atoms with Gasteiger partial charge in [-0.05, 0) is 48.2 Å². The molecule has 0 fully saturated rings. The van der Waals surface area contributed by atoms with E-state index >= 15 is 0 Å². The van der Waals surface area contributed by atoms with Crippen LogP contribution >= 0.6 is 34.8 Å². The van der Waals surface area contributed by atoms with Gasteiger partial charge in [0.25, 0.3) is 0 Å². The van der Waals surface area contributed by atoms with E-state index in [1.165, 1.54) is 9.21 Å². The van der Waals surface area contributed by atoms with Crippen molar-refractivity contribution < 1.29 is 18.0 Å². The summed E-state index contributed by atoms with van der Waals surface area (Å²) in [4.78, 5) is 29.1. The van der Waals surface area contributed by atoms with Crippen molar-refractivity contribution in [2.24, 2.45) is 5.92 Å². The Balaban J connectivity index is 1.92. The zero-order valence-electron chi connectivity index (χ0n) is 23.9. The molecule has 0 bridgehead atoms. The van der Waals surface area contributed by atoms with Gasteiger partial charge in [-0.2, -0.15) is 0 Å². The molecule has 0 unspecified atom stereocenters. The van der Waals surface area contributed by atoms with Gasteiger partial charge in [-0.15, -0.1) is 0 Å². The first-order valence-corrected chi connectivity index (χ1v) is 16.6. The van der Waals surface area contributed by atoms with Gasteiger partial charge in [0.1, 0.15) is 6.04 Å². The van der Waals surface area contributed by atoms with Crippen molar-refractivity contribution in [2.75, 3.05) is 23.7 Å². The average molecular weight is 653 g/mol. The Morgan fingerprint density at radius 1 is 0.905 bits per heavy atom. The molecule has 42 heavy (non-hydrogen) atoms. The number of amides is 2. The number of hydrogen-bond acceptors (Lipinski definition) is 4. The second-order valence-corrected chi connectivity index (χ2v) is 13.6. The Hall–Kier alpha value is -2.78. The zero-order valence-corrected chi connectivity index (χ0v) is 27.0. The number of carbonyl (C=O) groups is 2. The minimum Gasteiger partial charge on any atom is -0.354 e. The molecular weight excluding hydrogens is 617 g/mol. The summed E-state index contributed by atoms with van der Waals surface area (Å²) in [5.41, 5.74) is 1.82. The summed E-state index contributed by atoms with van der Waals surface area (Å²) >= 11 is 19.1. The molecule has 3 aromatic carbocycles. The highest BCUT2D eigenvalue weighted by atomic mass is 35.5. The molecular formula is C31H36Cl3N3O4S. The Labute approximate surface area is 263 Å². The summed E-state index contributed by atoms with van der Waals surface area (Å²) in [6.07, 6.45) is 1.57. The van der Waals surface area contributed by atoms with E-state index in [1.54, 1.807) is 42.5 Å². The zero-order chi connectivity index (χ0) is 30.9. The first kappa shape index (κ1) is 33.7. The number of carbonyl (C=O) groups excluding carboxylic acids is 2. The molecule has 3 rings (SSSR count). The molecule has 0 heterocycles. The smallest absolute Gasteiger partial charge is 0.243 e. The van der Waals surface area contributed by atoms with Gasteiger partial charge < -0.3 is 10.2 Å². The van der Waals surface area contributed by atoms with Crippen LogP contribution in [0.25, 0.3) is 0 Å². The van der Waals surface area contributed by atoms with E-state index in [1.807, 2.05) is 44.2 Å². The van der Waals surface area contributed by atoms with Crippen molar-refractivity contribution >= 4 is 62.3 Å². The van der Waals surface area contributed by atoms with Gasteiger partial charge in [-0.1, -0.05) is 91.1 Å². The van der Waals surface area contributed by atoms with Crippen molar-refractivity contribution in [3.63, 3.8) is 0 Å². The summed E-state index contributed by atoms with van der Waals surface area (Å²) in [5.74, 6) is -0.408. The molecule has 0 radical (unpaired) electrons. The summed E-state index contributed by atoms with van der Waals surface area (Å²) in [6, 6.07) is 20.2. The van der Waals surface area contributed by atoms with Gasteiger partial charge in [0.05, 0.1) is 11.9 Å². The first-order chi connectivity index (χ1) is 19.9. The monoisotopic (exact) mass is 651 g/mol. The number of anilines is 1. The quantitative estimate of drug-likeness (QED) is 0.213. The number of hydrogen-bond donors (Lipinski definition) is 1. The molecule has 0 spiro atoms. The molecule has 11 heteroatoms. The van der Waals surface area contributed by atoms with Crippen LogP contribution in [0.5, 0.6) is 0 Å². The van der Waals surface area contributed by atoms with E-state index in [4.69, 9.17) is 34.8 Å². The lowest BCUT2D eigenvalue weighted by Crippen LogP contribution is -2.51. The highest BCUT2D eigenvalue weighted by Crippen LogP contribution is 2.28. The molecule has 7 nitrogen and oxygen atoms in total. The first-order valence-electron chi connectivity index (χ1n) is 13.6. The summed E-state index contributed by atoms with van der Waals surface area (Å²) < 4.78 is 26.4. The van der Waals surface area contributed by atoms with Crippen LogP contribution in [0.2, 0.25) is 15.1 Å². The largest absolute Gasteiger partial charge is 0.354 e. The minimum absolute atomic E-state index is 0.00796. The van der Waals surface area contributed by atoms with Crippen LogP contribution in [-0.4, -0.2) is 50.5 Å². The number of nitrogens with zero attached hydrogens (tertiary/aromatic N) is 2. The van der Waals surface area contributed by atoms with Crippen LogP contribution in [-0.2, 0) is 32.6 Å². The van der Waals surface area contributed by atoms with Gasteiger partial charge in [0.15, 0.2) is 0 Å². The molecule has 3 aromatic rings. The SMILES string of the molecule is CC(C)CNC(=O)[C@@H](Cc1ccccc1)N(Cc1c(Cl)cccc1Cl)C(=O)CCCN(c1cccc(Cl)c1)S(C)(=O)=O. The number of nitrogens with one attached hydrogen (secondary N) is 1. The van der Waals surface area contributed by atoms with E-state index in [2.05, 4.69) is 5.32 Å². The van der Waals surface area contributed by atoms with E-state index in [9.17, 15) is 18.0 Å². The molecule has 0 aromatic heterocycles. The Kier molecular flexibility index (Phi) is 12.5. The Bertz CT molecular complexity index is 1450. The van der Waals surface area contributed by atoms with Crippen LogP contribution in [0.15, 0.2) is 72.8 Å². The van der Waals surface area contributed by atoms with Crippen molar-refractivity contribution in [1.29, 1.82) is 0 Å². The Morgan fingerprint density at radius 2 is 1.55 bits per heavy atom. The fourth-order valence-corrected chi connectivity index (χ4v) is 6.12. The third kappa shape index (κ3) is 9.90. The van der Waals surface area contributed by atoms with E-state index in [-0.39, 0.29) is 50.1 Å². The molecule has 0 saturated heterocycles. The predicted octanol–water partition coefficient (Wildman–Crippen LogP) is 6.61. The lowest BCUT2D eigenvalue weighted by atomic mass is 10.0. The lowest BCUT2D eigenvalue weighted by molar-refractivity contribution is -0.141. The van der Waals surface area contributed by atoms with Crippen LogP contribution in [0, 0.1) is 5.92 Å². The van der Waals surface area contributed by atoms with Gasteiger partial charge in [-0.25, -0.2) is 8.42 Å². The number of rotatable bonds is 14. The minimum atomic E-state index is -3.65. The third-order valence-corrected chi connectivity index (χ3v) is 8.73. The molecule has 226 valence electrons. The molecule has 1 N–H and O–H groups in total. The van der Waals surface area contributed by atoms with Gasteiger partial charge in [-0.3, -0.25) is 13.9 Å². The molecule has 1 atom stereocenters. The summed E-state index contributed by atoms with van der Waals surface area (Å²) in [7, 11) is -3.65. The van der Waals surface area contributed by atoms with Gasteiger partial charge in [0.2, 0.25) is 21.8 Å². The van der Waals surface area contributed by atoms with Crippen molar-refractivity contribution in [3.8, 4) is 0 Å². The van der Waals surface area contributed by atoms with Crippen molar-refractivity contribution in [1.82, 2.24) is 10.2 Å². The number of benzene rings is 3. The van der Waals surface area contributed by atoms with Crippen molar-refractivity contribution in [3.05, 3.63) is 99.0 Å². The topological polar surface area (TPSA) is 86.8 Å². The second-order valence-electron chi connectivity index (χ2n) is 10.5. The molecule has 0 aliphatic carbocycles. The number of halogens is 3. The highest BCUT2D eigenvalue weighted by molar-refractivity contribution is 7.92. The van der Waals surface area contributed by atoms with Gasteiger partial charge in [0, 0.05) is 53.1 Å². The molecule has 2 amide bonds. The van der Waals surface area contributed by atoms with Crippen molar-refractivity contribution in [2.45, 2.75) is 45.7 Å². The van der Waals surface area contributed by atoms with Crippen LogP contribution in [0.4, 0.5) is 5.69 Å². The van der Waals surface area contributed by atoms with Gasteiger partial charge >= 0.3 is 0 Å². The fourth-order valence-electron chi connectivity index (χ4n) is 4.47. The Morgan fingerprint density at radius 3 is 2.14 bits per heavy atom. The summed E-state index contributed by atoms with van der Waals surface area (Å²) in [5, 5.41) is 4.13. The van der Waals surface area contributed by atoms with E-state index < -0.39 is 16.1 Å². The molecule has 0 aliphatic heterocycles. The maximum atomic E-state index is 13.9. The van der Waals surface area contributed by atoms with Crippen LogP contribution in [0.1, 0.15) is 37.8 Å². The van der Waals surface area contributed by atoms with Crippen LogP contribution < -0.4 is 9.62 Å². The standard InChI is InChI=1S/C31H36Cl3N3O4S/c1-22(2)20-35-31(39)29(18-23-10-5-4-6-11-23)36(21-26-27(33)14-8-15-28(26)34)30(38)16-9-17-37(42(3,40)41)25-13-7-12-24(32)19-25/h4-8,10-15,19,22,29H,9,16-18,20-21H2,1-3H3,(H,35,39)/t29-/m1/s1. The second kappa shape index (κ2) is 15.6. The van der Waals surface area contributed by atoms with E-state index in [0.29, 0.717) is 32.9 Å². The maximum absolute atomic E-state index is 13.9. The summed E-state index contributed by atoms with van der Waals surface area (Å²) in [6.45, 7) is 4.49. The fraction of sp³-hybridized carbons (Fsp3) is 0.355. The molecule has 0 aliphatic rings. The average Bonchev–Trinajstić information content (AvgIpc) is 2.92. The lowest BCUT2D eigenvalue weighted by Gasteiger charge is -2.32. The highest BCUT2D eigenvalue weighted by Gasteiger charge is 2.31. The van der Waals surface area contributed by atoms with Crippen LogP contribution in [0.3, 0.4) is 0 Å². The third-order valence-electron chi connectivity index (χ3n) is 6.59. The molecule has 0 saturated carbocycles. The normalized spacial score (nSPS) is 12.2. The van der Waals surface area contributed by atoms with E-state index in [0.717, 1.165) is 11.8 Å². The number of sulfonamides is 1. The maximum Gasteiger partial charge on any atom is 0.243 e. The predicted molar refractivity (Wildman–Crippen MR) is 172 cm³/mol.